The minimum atomic E-state index is -0.167. The number of aromatic nitrogens is 4. The first-order chi connectivity index (χ1) is 12.1. The van der Waals surface area contributed by atoms with E-state index in [2.05, 4.69) is 20.4 Å². The number of thioether (sulfide) groups is 1. The van der Waals surface area contributed by atoms with Crippen molar-refractivity contribution in [1.82, 2.24) is 19.6 Å². The van der Waals surface area contributed by atoms with E-state index < -0.39 is 0 Å². The highest BCUT2D eigenvalue weighted by Gasteiger charge is 2.12. The lowest BCUT2D eigenvalue weighted by Gasteiger charge is -2.12. The Bertz CT molecular complexity index is 912. The van der Waals surface area contributed by atoms with Crippen LogP contribution in [-0.2, 0) is 4.79 Å². The Labute approximate surface area is 148 Å². The van der Waals surface area contributed by atoms with Gasteiger partial charge in [0.05, 0.1) is 25.7 Å². The van der Waals surface area contributed by atoms with Crippen molar-refractivity contribution in [1.29, 1.82) is 0 Å². The van der Waals surface area contributed by atoms with Crippen LogP contribution in [0.3, 0.4) is 0 Å². The molecule has 3 aromatic rings. The fraction of sp³-hybridized carbons (Fsp3) is 0.250. The van der Waals surface area contributed by atoms with E-state index in [1.165, 1.54) is 18.1 Å². The first-order valence-corrected chi connectivity index (χ1v) is 8.41. The van der Waals surface area contributed by atoms with Gasteiger partial charge in [-0.2, -0.15) is 14.6 Å². The van der Waals surface area contributed by atoms with Gasteiger partial charge < -0.3 is 14.8 Å². The quantitative estimate of drug-likeness (QED) is 0.533. The summed E-state index contributed by atoms with van der Waals surface area (Å²) < 4.78 is 12.1. The van der Waals surface area contributed by atoms with Crippen LogP contribution in [0.25, 0.3) is 5.78 Å². The molecule has 9 heteroatoms. The zero-order valence-corrected chi connectivity index (χ0v) is 14.8. The van der Waals surface area contributed by atoms with Crippen LogP contribution in [0.4, 0.5) is 5.69 Å². The highest BCUT2D eigenvalue weighted by Crippen LogP contribution is 2.29. The maximum absolute atomic E-state index is 12.3. The molecule has 0 atom stereocenters. The number of ether oxygens (including phenoxy) is 2. The molecule has 1 aromatic carbocycles. The molecule has 0 radical (unpaired) electrons. The minimum absolute atomic E-state index is 0.167. The van der Waals surface area contributed by atoms with Gasteiger partial charge in [0.25, 0.3) is 5.78 Å². The fourth-order valence-electron chi connectivity index (χ4n) is 2.24. The number of anilines is 1. The first kappa shape index (κ1) is 17.0. The molecule has 0 aliphatic carbocycles. The highest BCUT2D eigenvalue weighted by molar-refractivity contribution is 7.99. The van der Waals surface area contributed by atoms with Gasteiger partial charge in [0.15, 0.2) is 0 Å². The number of carbonyl (C=O) groups excluding carboxylic acids is 1. The van der Waals surface area contributed by atoms with Gasteiger partial charge in [-0.05, 0) is 25.1 Å². The monoisotopic (exact) mass is 359 g/mol. The molecule has 0 saturated carbocycles. The smallest absolute Gasteiger partial charge is 0.253 e. The summed E-state index contributed by atoms with van der Waals surface area (Å²) in [7, 11) is 3.12. The number of benzene rings is 1. The molecule has 25 heavy (non-hydrogen) atoms. The molecule has 0 unspecified atom stereocenters. The number of aryl methyl sites for hydroxylation is 1. The largest absolute Gasteiger partial charge is 0.497 e. The minimum Gasteiger partial charge on any atom is -0.497 e. The summed E-state index contributed by atoms with van der Waals surface area (Å²) in [6.45, 7) is 1.87. The molecule has 0 saturated heterocycles. The van der Waals surface area contributed by atoms with Crippen LogP contribution in [0.5, 0.6) is 11.5 Å². The van der Waals surface area contributed by atoms with Gasteiger partial charge in [-0.1, -0.05) is 11.8 Å². The van der Waals surface area contributed by atoms with Crippen LogP contribution in [0.15, 0.2) is 35.6 Å². The maximum Gasteiger partial charge on any atom is 0.253 e. The molecule has 2 aromatic heterocycles. The summed E-state index contributed by atoms with van der Waals surface area (Å²) in [5, 5.41) is 7.76. The molecular formula is C16H17N5O3S. The third-order valence-corrected chi connectivity index (χ3v) is 4.37. The van der Waals surface area contributed by atoms with E-state index in [1.54, 1.807) is 36.9 Å². The zero-order chi connectivity index (χ0) is 17.8. The lowest BCUT2D eigenvalue weighted by atomic mass is 10.2. The van der Waals surface area contributed by atoms with Crippen molar-refractivity contribution in [3.8, 4) is 11.5 Å². The van der Waals surface area contributed by atoms with Gasteiger partial charge in [-0.25, -0.2) is 4.98 Å². The van der Waals surface area contributed by atoms with Crippen molar-refractivity contribution in [2.45, 2.75) is 11.9 Å². The molecule has 3 rings (SSSR count). The van der Waals surface area contributed by atoms with Gasteiger partial charge in [0, 0.05) is 11.8 Å². The van der Waals surface area contributed by atoms with E-state index in [0.29, 0.717) is 23.0 Å². The Morgan fingerprint density at radius 2 is 2.12 bits per heavy atom. The molecule has 8 nitrogen and oxygen atoms in total. The second kappa shape index (κ2) is 7.39. The van der Waals surface area contributed by atoms with Crippen molar-refractivity contribution in [3.05, 3.63) is 36.3 Å². The molecule has 1 N–H and O–H groups in total. The van der Waals surface area contributed by atoms with Crippen molar-refractivity contribution < 1.29 is 14.3 Å². The van der Waals surface area contributed by atoms with Gasteiger partial charge >= 0.3 is 0 Å². The number of amides is 1. The molecule has 0 bridgehead atoms. The molecule has 0 spiro atoms. The van der Waals surface area contributed by atoms with E-state index in [1.807, 2.05) is 13.0 Å². The lowest BCUT2D eigenvalue weighted by molar-refractivity contribution is -0.113. The Morgan fingerprint density at radius 1 is 1.28 bits per heavy atom. The fourth-order valence-corrected chi connectivity index (χ4v) is 3.09. The topological polar surface area (TPSA) is 90.6 Å². The number of rotatable bonds is 6. The molecule has 0 aliphatic rings. The number of nitrogens with zero attached hydrogens (tertiary/aromatic N) is 4. The predicted molar refractivity (Wildman–Crippen MR) is 94.4 cm³/mol. The van der Waals surface area contributed by atoms with Crippen molar-refractivity contribution in [2.24, 2.45) is 0 Å². The van der Waals surface area contributed by atoms with Crippen LogP contribution >= 0.6 is 11.8 Å². The predicted octanol–water partition coefficient (Wildman–Crippen LogP) is 2.18. The first-order valence-electron chi connectivity index (χ1n) is 7.43. The van der Waals surface area contributed by atoms with Crippen LogP contribution in [0.1, 0.15) is 5.69 Å². The van der Waals surface area contributed by atoms with Crippen LogP contribution in [0, 0.1) is 6.92 Å². The second-order valence-electron chi connectivity index (χ2n) is 5.11. The van der Waals surface area contributed by atoms with E-state index in [0.717, 1.165) is 10.7 Å². The Morgan fingerprint density at radius 3 is 2.88 bits per heavy atom. The average molecular weight is 359 g/mol. The Balaban J connectivity index is 1.72. The summed E-state index contributed by atoms with van der Waals surface area (Å²) in [6, 6.07) is 7.09. The molecule has 1 amide bonds. The number of hydrogen-bond donors (Lipinski definition) is 1. The molecule has 0 fully saturated rings. The maximum atomic E-state index is 12.3. The number of methoxy groups -OCH3 is 2. The van der Waals surface area contributed by atoms with Gasteiger partial charge in [-0.15, -0.1) is 0 Å². The lowest BCUT2D eigenvalue weighted by Crippen LogP contribution is -2.15. The highest BCUT2D eigenvalue weighted by atomic mass is 32.2. The number of fused-ring (bicyclic) bond motifs is 1. The van der Waals surface area contributed by atoms with E-state index in [4.69, 9.17) is 9.47 Å². The van der Waals surface area contributed by atoms with Crippen molar-refractivity contribution >= 4 is 29.1 Å². The third kappa shape index (κ3) is 3.82. The van der Waals surface area contributed by atoms with Gasteiger partial charge in [-0.3, -0.25) is 4.79 Å². The van der Waals surface area contributed by atoms with Gasteiger partial charge in [0.2, 0.25) is 5.91 Å². The summed E-state index contributed by atoms with van der Waals surface area (Å²) in [6.07, 6.45) is 1.44. The summed E-state index contributed by atoms with van der Waals surface area (Å²) in [5.41, 5.74) is 1.38. The number of carbonyl (C=O) groups is 1. The summed E-state index contributed by atoms with van der Waals surface area (Å²) in [5.74, 6) is 1.76. The zero-order valence-electron chi connectivity index (χ0n) is 14.0. The summed E-state index contributed by atoms with van der Waals surface area (Å²) in [4.78, 5) is 20.7. The molecule has 0 aliphatic heterocycles. The third-order valence-electron chi connectivity index (χ3n) is 3.38. The Kier molecular flexibility index (Phi) is 5.03. The molecule has 2 heterocycles. The molecule has 130 valence electrons. The summed E-state index contributed by atoms with van der Waals surface area (Å²) >= 11 is 1.36. The van der Waals surface area contributed by atoms with Crippen LogP contribution < -0.4 is 14.8 Å². The van der Waals surface area contributed by atoms with Crippen molar-refractivity contribution in [2.75, 3.05) is 25.3 Å². The SMILES string of the molecule is COc1ccc(OC)c(NC(=O)CSc2cc(C)nc3ncnn23)c1. The van der Waals surface area contributed by atoms with Crippen LogP contribution in [0.2, 0.25) is 0 Å². The van der Waals surface area contributed by atoms with E-state index >= 15 is 0 Å². The second-order valence-corrected chi connectivity index (χ2v) is 6.11. The average Bonchev–Trinajstić information content (AvgIpc) is 3.07. The standard InChI is InChI=1S/C16H17N5O3S/c1-10-6-15(21-16(19-10)17-9-18-21)25-8-14(22)20-12-7-11(23-2)4-5-13(12)24-3/h4-7,9H,8H2,1-3H3,(H,20,22). The van der Waals surface area contributed by atoms with Crippen molar-refractivity contribution in [3.63, 3.8) is 0 Å². The number of nitrogens with one attached hydrogen (secondary N) is 1. The molecular weight excluding hydrogens is 342 g/mol. The van der Waals surface area contributed by atoms with E-state index in [9.17, 15) is 4.79 Å². The van der Waals surface area contributed by atoms with Gasteiger partial charge in [0.1, 0.15) is 22.9 Å². The van der Waals surface area contributed by atoms with E-state index in [-0.39, 0.29) is 11.7 Å². The number of hydrogen-bond acceptors (Lipinski definition) is 7. The Hall–Kier alpha value is -2.81. The normalized spacial score (nSPS) is 10.7. The van der Waals surface area contributed by atoms with Crippen LogP contribution in [-0.4, -0.2) is 45.5 Å².